The predicted molar refractivity (Wildman–Crippen MR) is 111 cm³/mol. The van der Waals surface area contributed by atoms with Crippen molar-refractivity contribution in [1.29, 1.82) is 0 Å². The highest BCUT2D eigenvalue weighted by atomic mass is 16.2. The second-order valence-corrected chi connectivity index (χ2v) is 7.01. The Balaban J connectivity index is 0.000000806. The molecule has 6 nitrogen and oxygen atoms in total. The average Bonchev–Trinajstić information content (AvgIpc) is 3.09. The van der Waals surface area contributed by atoms with Crippen LogP contribution in [0.1, 0.15) is 41.6 Å². The fraction of sp³-hybridized carbons (Fsp3) is 0.208. The Labute approximate surface area is 174 Å². The van der Waals surface area contributed by atoms with E-state index in [1.807, 2.05) is 54.6 Å². The Kier molecular flexibility index (Phi) is 6.73. The van der Waals surface area contributed by atoms with Crippen LogP contribution in [0.4, 0.5) is 0 Å². The molecule has 2 atom stereocenters. The molecule has 1 fully saturated rings. The summed E-state index contributed by atoms with van der Waals surface area (Å²) >= 11 is 0. The molecule has 4 rings (SSSR count). The lowest BCUT2D eigenvalue weighted by atomic mass is 9.90. The molecule has 3 aromatic carbocycles. The van der Waals surface area contributed by atoms with E-state index < -0.39 is 0 Å². The van der Waals surface area contributed by atoms with Crippen LogP contribution in [0.25, 0.3) is 10.8 Å². The number of amides is 2. The smallest absolute Gasteiger partial charge is 0.273 e. The molecule has 1 N–H and O–H groups in total. The molecule has 1 saturated heterocycles. The summed E-state index contributed by atoms with van der Waals surface area (Å²) in [5.41, 5.74) is 4.60. The van der Waals surface area contributed by atoms with Gasteiger partial charge >= 0.3 is 6.15 Å². The molecule has 1 aliphatic rings. The molecule has 0 saturated carbocycles. The van der Waals surface area contributed by atoms with Gasteiger partial charge in [0.1, 0.15) is 0 Å². The van der Waals surface area contributed by atoms with Crippen LogP contribution in [0.15, 0.2) is 72.8 Å². The third-order valence-corrected chi connectivity index (χ3v) is 5.36. The molecule has 152 valence electrons. The standard InChI is InChI=1S/C23H22N2O2.CO2/c1-2-21-20(17-9-4-3-5-10-17)15-22(26)25(21)24-23(27)19-14-8-12-16-11-6-7-13-18(16)19;2-1-3/h3-14,20-21H,2,15H2,1H3,(H,24,27);/t20-,21-;/m0./s1. The number of hydrogen-bond donors (Lipinski definition) is 1. The first-order valence-corrected chi connectivity index (χ1v) is 9.75. The van der Waals surface area contributed by atoms with Crippen molar-refractivity contribution in [3.63, 3.8) is 0 Å². The Morgan fingerprint density at radius 2 is 1.63 bits per heavy atom. The van der Waals surface area contributed by atoms with Crippen molar-refractivity contribution in [3.8, 4) is 0 Å². The number of nitrogens with zero attached hydrogens (tertiary/aromatic N) is 1. The molecule has 0 bridgehead atoms. The fourth-order valence-electron chi connectivity index (χ4n) is 4.03. The lowest BCUT2D eigenvalue weighted by Gasteiger charge is -2.27. The van der Waals surface area contributed by atoms with Crippen molar-refractivity contribution in [2.75, 3.05) is 0 Å². The van der Waals surface area contributed by atoms with E-state index in [-0.39, 0.29) is 29.9 Å². The number of hydrazine groups is 1. The molecule has 0 radical (unpaired) electrons. The Hall–Kier alpha value is -3.76. The van der Waals surface area contributed by atoms with Crippen molar-refractivity contribution in [2.45, 2.75) is 31.7 Å². The van der Waals surface area contributed by atoms with Crippen molar-refractivity contribution >= 4 is 28.7 Å². The fourth-order valence-corrected chi connectivity index (χ4v) is 4.03. The lowest BCUT2D eigenvalue weighted by molar-refractivity contribution is -0.191. The van der Waals surface area contributed by atoms with Crippen LogP contribution in [-0.2, 0) is 14.4 Å². The zero-order chi connectivity index (χ0) is 21.5. The predicted octanol–water partition coefficient (Wildman–Crippen LogP) is 3.70. The maximum Gasteiger partial charge on any atom is 0.373 e. The summed E-state index contributed by atoms with van der Waals surface area (Å²) in [6.07, 6.45) is 1.44. The number of carbonyl (C=O) groups excluding carboxylic acids is 4. The molecule has 30 heavy (non-hydrogen) atoms. The topological polar surface area (TPSA) is 83.6 Å². The molecule has 0 unspecified atom stereocenters. The van der Waals surface area contributed by atoms with Gasteiger partial charge in [0.15, 0.2) is 0 Å². The maximum absolute atomic E-state index is 13.0. The minimum atomic E-state index is -0.243. The van der Waals surface area contributed by atoms with E-state index in [4.69, 9.17) is 9.59 Å². The van der Waals surface area contributed by atoms with Gasteiger partial charge in [-0.3, -0.25) is 20.0 Å². The van der Waals surface area contributed by atoms with Gasteiger partial charge in [-0.1, -0.05) is 73.7 Å². The molecule has 0 aliphatic carbocycles. The van der Waals surface area contributed by atoms with Crippen LogP contribution in [0.3, 0.4) is 0 Å². The summed E-state index contributed by atoms with van der Waals surface area (Å²) in [5, 5.41) is 3.44. The number of rotatable bonds is 4. The van der Waals surface area contributed by atoms with Gasteiger partial charge in [-0.25, -0.2) is 0 Å². The van der Waals surface area contributed by atoms with Crippen LogP contribution in [0.5, 0.6) is 0 Å². The van der Waals surface area contributed by atoms with Crippen LogP contribution < -0.4 is 5.43 Å². The molecule has 0 aromatic heterocycles. The highest BCUT2D eigenvalue weighted by Crippen LogP contribution is 2.35. The van der Waals surface area contributed by atoms with Crippen LogP contribution in [0, 0.1) is 0 Å². The molecule has 1 heterocycles. The van der Waals surface area contributed by atoms with E-state index in [0.29, 0.717) is 12.0 Å². The maximum atomic E-state index is 13.0. The van der Waals surface area contributed by atoms with Gasteiger partial charge in [0, 0.05) is 17.9 Å². The molecule has 6 heteroatoms. The highest BCUT2D eigenvalue weighted by molar-refractivity contribution is 6.07. The third-order valence-electron chi connectivity index (χ3n) is 5.36. The van der Waals surface area contributed by atoms with Crippen LogP contribution >= 0.6 is 0 Å². The number of benzene rings is 3. The molecule has 3 aromatic rings. The van der Waals surface area contributed by atoms with Crippen molar-refractivity contribution in [3.05, 3.63) is 83.9 Å². The van der Waals surface area contributed by atoms with Crippen molar-refractivity contribution in [2.24, 2.45) is 0 Å². The molecular formula is C24H22N2O4. The number of fused-ring (bicyclic) bond motifs is 1. The minimum absolute atomic E-state index is 0.0377. The van der Waals surface area contributed by atoms with Gasteiger partial charge in [-0.15, -0.1) is 0 Å². The van der Waals surface area contributed by atoms with E-state index in [1.54, 1.807) is 11.1 Å². The SMILES string of the molecule is CC[C@H]1[C@H](c2ccccc2)CC(=O)N1NC(=O)c1cccc2ccccc12.O=C=O. The zero-order valence-corrected chi connectivity index (χ0v) is 16.6. The number of hydrogen-bond acceptors (Lipinski definition) is 4. The lowest BCUT2D eigenvalue weighted by Crippen LogP contribution is -2.48. The second kappa shape index (κ2) is 9.63. The Morgan fingerprint density at radius 1 is 1.00 bits per heavy atom. The summed E-state index contributed by atoms with van der Waals surface area (Å²) in [6, 6.07) is 23.4. The third kappa shape index (κ3) is 4.29. The van der Waals surface area contributed by atoms with E-state index in [2.05, 4.69) is 24.5 Å². The van der Waals surface area contributed by atoms with Crippen LogP contribution in [0.2, 0.25) is 0 Å². The summed E-state index contributed by atoms with van der Waals surface area (Å²) in [4.78, 5) is 41.9. The van der Waals surface area contributed by atoms with Crippen molar-refractivity contribution in [1.82, 2.24) is 10.4 Å². The normalized spacial score (nSPS) is 17.8. The van der Waals surface area contributed by atoms with Gasteiger partial charge in [-0.05, 0) is 28.8 Å². The molecule has 2 amide bonds. The summed E-state index contributed by atoms with van der Waals surface area (Å²) < 4.78 is 0. The van der Waals surface area contributed by atoms with Gasteiger partial charge in [0.25, 0.3) is 5.91 Å². The quantitative estimate of drug-likeness (QED) is 0.721. The minimum Gasteiger partial charge on any atom is -0.273 e. The van der Waals surface area contributed by atoms with E-state index in [9.17, 15) is 9.59 Å². The Bertz CT molecular complexity index is 1070. The Morgan fingerprint density at radius 3 is 2.33 bits per heavy atom. The van der Waals surface area contributed by atoms with Gasteiger partial charge < -0.3 is 0 Å². The summed E-state index contributed by atoms with van der Waals surface area (Å²) in [5.74, 6) is -0.187. The van der Waals surface area contributed by atoms with Crippen molar-refractivity contribution < 1.29 is 19.2 Å². The first-order chi connectivity index (χ1) is 14.6. The monoisotopic (exact) mass is 402 g/mol. The summed E-state index contributed by atoms with van der Waals surface area (Å²) in [7, 11) is 0. The second-order valence-electron chi connectivity index (χ2n) is 7.01. The first kappa shape index (κ1) is 21.0. The van der Waals surface area contributed by atoms with Crippen LogP contribution in [-0.4, -0.2) is 29.0 Å². The number of carbonyl (C=O) groups is 2. The molecule has 1 aliphatic heterocycles. The average molecular weight is 402 g/mol. The van der Waals surface area contributed by atoms with Gasteiger partial charge in [0.05, 0.1) is 6.04 Å². The highest BCUT2D eigenvalue weighted by Gasteiger charge is 2.40. The van der Waals surface area contributed by atoms with E-state index in [1.165, 1.54) is 0 Å². The van der Waals surface area contributed by atoms with E-state index in [0.717, 1.165) is 22.8 Å². The number of nitrogens with one attached hydrogen (secondary N) is 1. The zero-order valence-electron chi connectivity index (χ0n) is 16.6. The largest absolute Gasteiger partial charge is 0.373 e. The van der Waals surface area contributed by atoms with Gasteiger partial charge in [0.2, 0.25) is 5.91 Å². The summed E-state index contributed by atoms with van der Waals surface area (Å²) in [6.45, 7) is 2.05. The first-order valence-electron chi connectivity index (χ1n) is 9.75. The van der Waals surface area contributed by atoms with E-state index >= 15 is 0 Å². The molecular weight excluding hydrogens is 380 g/mol. The molecule has 0 spiro atoms. The van der Waals surface area contributed by atoms with Gasteiger partial charge in [-0.2, -0.15) is 9.59 Å².